The molecule has 4 amide bonds. The van der Waals surface area contributed by atoms with Gasteiger partial charge in [-0.15, -0.1) is 0 Å². The van der Waals surface area contributed by atoms with Crippen LogP contribution in [-0.4, -0.2) is 22.8 Å². The van der Waals surface area contributed by atoms with Crippen LogP contribution >= 0.6 is 0 Å². The Morgan fingerprint density at radius 1 is 1.00 bits per heavy atom. The third-order valence-electron chi connectivity index (χ3n) is 5.14. The highest BCUT2D eigenvalue weighted by Gasteiger charge is 2.43. The van der Waals surface area contributed by atoms with Crippen molar-refractivity contribution >= 4 is 23.5 Å². The number of amides is 4. The number of hydrogen-bond donors (Lipinski definition) is 3. The van der Waals surface area contributed by atoms with Crippen molar-refractivity contribution in [2.75, 3.05) is 5.32 Å². The zero-order valence-electron chi connectivity index (χ0n) is 16.5. The van der Waals surface area contributed by atoms with Crippen molar-refractivity contribution in [2.24, 2.45) is 0 Å². The summed E-state index contributed by atoms with van der Waals surface area (Å²) in [5.74, 6) is -0.741. The van der Waals surface area contributed by atoms with E-state index in [1.807, 2.05) is 36.4 Å². The lowest BCUT2D eigenvalue weighted by molar-refractivity contribution is -0.123. The van der Waals surface area contributed by atoms with Gasteiger partial charge in [-0.2, -0.15) is 0 Å². The van der Waals surface area contributed by atoms with E-state index < -0.39 is 17.5 Å². The molecule has 150 valence electrons. The van der Waals surface area contributed by atoms with Crippen molar-refractivity contribution in [3.63, 3.8) is 0 Å². The SMILES string of the molecule is Cc1nc(-c2ccccc2)ccc1C(=O)Nc1cccc(C2(C)NC(=O)NC2=O)c1. The average Bonchev–Trinajstić information content (AvgIpc) is 3.01. The van der Waals surface area contributed by atoms with Gasteiger partial charge < -0.3 is 10.6 Å². The molecule has 3 aromatic rings. The van der Waals surface area contributed by atoms with Crippen LogP contribution in [0.3, 0.4) is 0 Å². The first-order valence-electron chi connectivity index (χ1n) is 9.45. The number of benzene rings is 2. The van der Waals surface area contributed by atoms with Crippen molar-refractivity contribution in [1.29, 1.82) is 0 Å². The standard InChI is InChI=1S/C23H20N4O3/c1-14-18(11-12-19(24-14)15-7-4-3-5-8-15)20(28)25-17-10-6-9-16(13-17)23(2)21(29)26-22(30)27-23/h3-13H,1-2H3,(H,25,28)(H2,26,27,29,30). The predicted molar refractivity (Wildman–Crippen MR) is 113 cm³/mol. The summed E-state index contributed by atoms with van der Waals surface area (Å²) < 4.78 is 0. The van der Waals surface area contributed by atoms with Gasteiger partial charge in [-0.1, -0.05) is 42.5 Å². The van der Waals surface area contributed by atoms with Gasteiger partial charge in [0.15, 0.2) is 0 Å². The molecule has 2 heterocycles. The van der Waals surface area contributed by atoms with E-state index in [0.717, 1.165) is 11.3 Å². The Kier molecular flexibility index (Phi) is 4.79. The van der Waals surface area contributed by atoms with Crippen molar-refractivity contribution < 1.29 is 14.4 Å². The second-order valence-corrected chi connectivity index (χ2v) is 7.26. The minimum atomic E-state index is -1.19. The summed E-state index contributed by atoms with van der Waals surface area (Å²) >= 11 is 0. The lowest BCUT2D eigenvalue weighted by Gasteiger charge is -2.21. The van der Waals surface area contributed by atoms with E-state index in [9.17, 15) is 14.4 Å². The summed E-state index contributed by atoms with van der Waals surface area (Å²) in [6.45, 7) is 3.40. The van der Waals surface area contributed by atoms with Crippen molar-refractivity contribution in [1.82, 2.24) is 15.6 Å². The number of anilines is 1. The summed E-state index contributed by atoms with van der Waals surface area (Å²) in [7, 11) is 0. The molecule has 1 fully saturated rings. The minimum Gasteiger partial charge on any atom is -0.322 e. The highest BCUT2D eigenvalue weighted by atomic mass is 16.2. The van der Waals surface area contributed by atoms with Crippen molar-refractivity contribution in [2.45, 2.75) is 19.4 Å². The molecule has 0 saturated carbocycles. The highest BCUT2D eigenvalue weighted by Crippen LogP contribution is 2.27. The molecule has 4 rings (SSSR count). The van der Waals surface area contributed by atoms with Crippen molar-refractivity contribution in [3.8, 4) is 11.3 Å². The van der Waals surface area contributed by atoms with E-state index in [-0.39, 0.29) is 5.91 Å². The highest BCUT2D eigenvalue weighted by molar-refractivity contribution is 6.08. The molecule has 2 aromatic carbocycles. The van der Waals surface area contributed by atoms with E-state index in [1.165, 1.54) is 0 Å². The number of rotatable bonds is 4. The second-order valence-electron chi connectivity index (χ2n) is 7.26. The normalized spacial score (nSPS) is 17.9. The molecule has 1 aliphatic heterocycles. The molecule has 1 aromatic heterocycles. The molecule has 0 bridgehead atoms. The molecule has 7 nitrogen and oxygen atoms in total. The fraction of sp³-hybridized carbons (Fsp3) is 0.130. The number of aromatic nitrogens is 1. The third kappa shape index (κ3) is 3.53. The topological polar surface area (TPSA) is 100 Å². The van der Waals surface area contributed by atoms with Gasteiger partial charge in [-0.05, 0) is 43.7 Å². The molecular weight excluding hydrogens is 380 g/mol. The number of carbonyl (C=O) groups excluding carboxylic acids is 3. The number of nitrogens with zero attached hydrogens (tertiary/aromatic N) is 1. The number of carbonyl (C=O) groups is 3. The van der Waals surface area contributed by atoms with Gasteiger partial charge in [0.2, 0.25) is 0 Å². The van der Waals surface area contributed by atoms with Gasteiger partial charge in [0.25, 0.3) is 11.8 Å². The zero-order chi connectivity index (χ0) is 21.3. The van der Waals surface area contributed by atoms with Crippen LogP contribution in [0.2, 0.25) is 0 Å². The largest absolute Gasteiger partial charge is 0.322 e. The second kappa shape index (κ2) is 7.44. The van der Waals surface area contributed by atoms with Gasteiger partial charge in [-0.25, -0.2) is 4.79 Å². The molecule has 1 unspecified atom stereocenters. The Morgan fingerprint density at radius 3 is 2.43 bits per heavy atom. The number of imide groups is 1. The summed E-state index contributed by atoms with van der Waals surface area (Å²) in [4.78, 5) is 41.1. The number of aryl methyl sites for hydroxylation is 1. The molecule has 1 aliphatic rings. The molecule has 30 heavy (non-hydrogen) atoms. The molecule has 0 aliphatic carbocycles. The quantitative estimate of drug-likeness (QED) is 0.585. The number of pyridine rings is 1. The Morgan fingerprint density at radius 2 is 1.77 bits per heavy atom. The maximum Gasteiger partial charge on any atom is 0.322 e. The predicted octanol–water partition coefficient (Wildman–Crippen LogP) is 3.36. The first-order valence-corrected chi connectivity index (χ1v) is 9.45. The van der Waals surface area contributed by atoms with Crippen LogP contribution in [-0.2, 0) is 10.3 Å². The van der Waals surface area contributed by atoms with Gasteiger partial charge >= 0.3 is 6.03 Å². The molecule has 1 saturated heterocycles. The smallest absolute Gasteiger partial charge is 0.322 e. The van der Waals surface area contributed by atoms with Crippen LogP contribution in [0.25, 0.3) is 11.3 Å². The fourth-order valence-electron chi connectivity index (χ4n) is 3.42. The van der Waals surface area contributed by atoms with Crippen LogP contribution in [0.4, 0.5) is 10.5 Å². The van der Waals surface area contributed by atoms with Crippen LogP contribution < -0.4 is 16.0 Å². The average molecular weight is 400 g/mol. The maximum absolute atomic E-state index is 12.8. The van der Waals surface area contributed by atoms with Gasteiger partial charge in [0.1, 0.15) is 5.54 Å². The number of hydrogen-bond acceptors (Lipinski definition) is 4. The van der Waals surface area contributed by atoms with Crippen molar-refractivity contribution in [3.05, 3.63) is 83.6 Å². The van der Waals surface area contributed by atoms with Crippen LogP contribution in [0.15, 0.2) is 66.7 Å². The van der Waals surface area contributed by atoms with Crippen LogP contribution in [0.1, 0.15) is 28.5 Å². The summed E-state index contributed by atoms with van der Waals surface area (Å²) in [6.07, 6.45) is 0. The van der Waals surface area contributed by atoms with E-state index in [0.29, 0.717) is 22.5 Å². The molecule has 7 heteroatoms. The van der Waals surface area contributed by atoms with Crippen LogP contribution in [0, 0.1) is 6.92 Å². The summed E-state index contributed by atoms with van der Waals surface area (Å²) in [6, 6.07) is 19.6. The monoisotopic (exact) mass is 400 g/mol. The van der Waals surface area contributed by atoms with Gasteiger partial charge in [0, 0.05) is 11.3 Å². The van der Waals surface area contributed by atoms with Gasteiger partial charge in [0.05, 0.1) is 17.0 Å². The summed E-state index contributed by atoms with van der Waals surface area (Å²) in [5.41, 5.74) is 2.73. The Bertz CT molecular complexity index is 1160. The molecule has 1 atom stereocenters. The zero-order valence-corrected chi connectivity index (χ0v) is 16.5. The lowest BCUT2D eigenvalue weighted by Crippen LogP contribution is -2.40. The Hall–Kier alpha value is -4.00. The summed E-state index contributed by atoms with van der Waals surface area (Å²) in [5, 5.41) is 7.69. The van der Waals surface area contributed by atoms with Crippen LogP contribution in [0.5, 0.6) is 0 Å². The number of urea groups is 1. The van der Waals surface area contributed by atoms with Gasteiger partial charge in [-0.3, -0.25) is 19.9 Å². The van der Waals surface area contributed by atoms with E-state index in [4.69, 9.17) is 0 Å². The Balaban J connectivity index is 1.56. The minimum absolute atomic E-state index is 0.304. The molecule has 0 radical (unpaired) electrons. The fourth-order valence-corrected chi connectivity index (χ4v) is 3.42. The van der Waals surface area contributed by atoms with E-state index in [1.54, 1.807) is 44.2 Å². The maximum atomic E-state index is 12.8. The first kappa shape index (κ1) is 19.3. The Labute approximate surface area is 173 Å². The number of nitrogens with one attached hydrogen (secondary N) is 3. The lowest BCUT2D eigenvalue weighted by atomic mass is 9.92. The third-order valence-corrected chi connectivity index (χ3v) is 5.14. The molecule has 0 spiro atoms. The first-order chi connectivity index (χ1) is 14.4. The van der Waals surface area contributed by atoms with E-state index in [2.05, 4.69) is 20.9 Å². The molecule has 3 N–H and O–H groups in total. The van der Waals surface area contributed by atoms with E-state index >= 15 is 0 Å². The molecular formula is C23H20N4O3.